The molecule has 1 aromatic heterocycles. The van der Waals surface area contributed by atoms with Crippen LogP contribution in [0.15, 0.2) is 18.3 Å². The Labute approximate surface area is 85.1 Å². The summed E-state index contributed by atoms with van der Waals surface area (Å²) in [7, 11) is 0. The lowest BCUT2D eigenvalue weighted by Crippen LogP contribution is -2.23. The summed E-state index contributed by atoms with van der Waals surface area (Å²) in [4.78, 5) is 26.8. The Kier molecular flexibility index (Phi) is 2.24. The van der Waals surface area contributed by atoms with Crippen LogP contribution in [-0.4, -0.2) is 35.3 Å². The maximum Gasteiger partial charge on any atom is 0.414 e. The lowest BCUT2D eigenvalue weighted by molar-refractivity contribution is 0.0690. The summed E-state index contributed by atoms with van der Waals surface area (Å²) in [5.41, 5.74) is 0.494. The standard InChI is InChI=1S/C9H8N2O4/c12-8(13)7-2-1-6(5-10-7)11-3-4-15-9(11)14/h1-2,5H,3-4H2,(H,12,13). The van der Waals surface area contributed by atoms with E-state index >= 15 is 0 Å². The SMILES string of the molecule is O=C(O)c1ccc(N2CCOC2=O)cn1. The van der Waals surface area contributed by atoms with Crippen molar-refractivity contribution in [1.82, 2.24) is 4.98 Å². The lowest BCUT2D eigenvalue weighted by atomic mass is 10.3. The number of carbonyl (C=O) groups excluding carboxylic acids is 1. The van der Waals surface area contributed by atoms with Crippen molar-refractivity contribution >= 4 is 17.7 Å². The van der Waals surface area contributed by atoms with Crippen molar-refractivity contribution in [1.29, 1.82) is 0 Å². The van der Waals surface area contributed by atoms with Crippen molar-refractivity contribution < 1.29 is 19.4 Å². The summed E-state index contributed by atoms with van der Waals surface area (Å²) in [5.74, 6) is -1.09. The van der Waals surface area contributed by atoms with E-state index in [0.29, 0.717) is 18.8 Å². The average Bonchev–Trinajstić information content (AvgIpc) is 2.65. The molecule has 0 atom stereocenters. The van der Waals surface area contributed by atoms with Crippen molar-refractivity contribution in [3.8, 4) is 0 Å². The summed E-state index contributed by atoms with van der Waals surface area (Å²) < 4.78 is 4.74. The molecule has 1 aliphatic heterocycles. The van der Waals surface area contributed by atoms with Crippen LogP contribution in [0.4, 0.5) is 10.5 Å². The van der Waals surface area contributed by atoms with Crippen LogP contribution in [-0.2, 0) is 4.74 Å². The number of amides is 1. The van der Waals surface area contributed by atoms with E-state index in [9.17, 15) is 9.59 Å². The van der Waals surface area contributed by atoms with Crippen LogP contribution in [0.2, 0.25) is 0 Å². The maximum atomic E-state index is 11.2. The van der Waals surface area contributed by atoms with Crippen LogP contribution < -0.4 is 4.90 Å². The third-order valence-corrected chi connectivity index (χ3v) is 2.04. The molecule has 1 aliphatic rings. The second-order valence-electron chi connectivity index (χ2n) is 2.97. The number of aromatic nitrogens is 1. The van der Waals surface area contributed by atoms with E-state index in [0.717, 1.165) is 0 Å². The highest BCUT2D eigenvalue weighted by Crippen LogP contribution is 2.17. The second kappa shape index (κ2) is 3.56. The zero-order valence-electron chi connectivity index (χ0n) is 7.71. The molecule has 2 heterocycles. The number of carboxylic acids is 1. The predicted molar refractivity (Wildman–Crippen MR) is 49.9 cm³/mol. The highest BCUT2D eigenvalue weighted by Gasteiger charge is 2.23. The van der Waals surface area contributed by atoms with Crippen LogP contribution in [0.1, 0.15) is 10.5 Å². The molecule has 6 heteroatoms. The molecule has 0 aliphatic carbocycles. The third-order valence-electron chi connectivity index (χ3n) is 2.04. The molecule has 1 amide bonds. The summed E-state index contributed by atoms with van der Waals surface area (Å²) in [6.07, 6.45) is 0.913. The van der Waals surface area contributed by atoms with Crippen molar-refractivity contribution in [2.75, 3.05) is 18.1 Å². The van der Waals surface area contributed by atoms with Gasteiger partial charge in [0.1, 0.15) is 12.3 Å². The van der Waals surface area contributed by atoms with Crippen molar-refractivity contribution in [2.24, 2.45) is 0 Å². The van der Waals surface area contributed by atoms with Crippen LogP contribution in [0, 0.1) is 0 Å². The summed E-state index contributed by atoms with van der Waals surface area (Å²) in [6.45, 7) is 0.812. The van der Waals surface area contributed by atoms with Gasteiger partial charge in [-0.05, 0) is 12.1 Å². The molecule has 1 N–H and O–H groups in total. The Balaban J connectivity index is 2.23. The molecule has 1 aromatic rings. The first-order valence-corrected chi connectivity index (χ1v) is 4.32. The molecule has 0 saturated carbocycles. The van der Waals surface area contributed by atoms with E-state index in [1.165, 1.54) is 23.2 Å². The molecule has 0 radical (unpaired) electrons. The van der Waals surface area contributed by atoms with Crippen molar-refractivity contribution in [3.63, 3.8) is 0 Å². The van der Waals surface area contributed by atoms with Gasteiger partial charge < -0.3 is 9.84 Å². The van der Waals surface area contributed by atoms with Gasteiger partial charge in [0.05, 0.1) is 18.4 Å². The first-order valence-electron chi connectivity index (χ1n) is 4.32. The fourth-order valence-corrected chi connectivity index (χ4v) is 1.30. The molecule has 0 spiro atoms. The molecule has 78 valence electrons. The van der Waals surface area contributed by atoms with Gasteiger partial charge in [-0.25, -0.2) is 14.6 Å². The molecule has 0 bridgehead atoms. The van der Waals surface area contributed by atoms with Crippen LogP contribution >= 0.6 is 0 Å². The highest BCUT2D eigenvalue weighted by molar-refractivity contribution is 5.90. The average molecular weight is 208 g/mol. The van der Waals surface area contributed by atoms with Gasteiger partial charge in [-0.2, -0.15) is 0 Å². The third kappa shape index (κ3) is 1.74. The van der Waals surface area contributed by atoms with Gasteiger partial charge in [0.25, 0.3) is 0 Å². The van der Waals surface area contributed by atoms with Gasteiger partial charge in [-0.15, -0.1) is 0 Å². The van der Waals surface area contributed by atoms with Gasteiger partial charge >= 0.3 is 12.1 Å². The molecule has 0 aromatic carbocycles. The fourth-order valence-electron chi connectivity index (χ4n) is 1.30. The maximum absolute atomic E-state index is 11.2. The number of ether oxygens (including phenoxy) is 1. The minimum atomic E-state index is -1.09. The van der Waals surface area contributed by atoms with Crippen molar-refractivity contribution in [3.05, 3.63) is 24.0 Å². The number of hydrogen-bond acceptors (Lipinski definition) is 4. The van der Waals surface area contributed by atoms with Crippen molar-refractivity contribution in [2.45, 2.75) is 0 Å². The van der Waals surface area contributed by atoms with E-state index in [2.05, 4.69) is 4.98 Å². The summed E-state index contributed by atoms with van der Waals surface area (Å²) in [5, 5.41) is 8.63. The second-order valence-corrected chi connectivity index (χ2v) is 2.97. The Morgan fingerprint density at radius 3 is 2.80 bits per heavy atom. The quantitative estimate of drug-likeness (QED) is 0.775. The number of nitrogens with zero attached hydrogens (tertiary/aromatic N) is 2. The predicted octanol–water partition coefficient (Wildman–Crippen LogP) is 0.736. The number of pyridine rings is 1. The summed E-state index contributed by atoms with van der Waals surface area (Å²) >= 11 is 0. The van der Waals surface area contributed by atoms with Gasteiger partial charge in [-0.3, -0.25) is 4.90 Å². The number of aromatic carboxylic acids is 1. The zero-order chi connectivity index (χ0) is 10.8. The smallest absolute Gasteiger partial charge is 0.414 e. The number of carbonyl (C=O) groups is 2. The summed E-state index contributed by atoms with van der Waals surface area (Å²) in [6, 6.07) is 2.88. The molecule has 0 unspecified atom stereocenters. The highest BCUT2D eigenvalue weighted by atomic mass is 16.6. The number of cyclic esters (lactones) is 1. The van der Waals surface area contributed by atoms with Crippen LogP contribution in [0.25, 0.3) is 0 Å². The molecule has 1 saturated heterocycles. The topological polar surface area (TPSA) is 79.7 Å². The molecule has 6 nitrogen and oxygen atoms in total. The number of rotatable bonds is 2. The van der Waals surface area contributed by atoms with E-state index in [1.54, 1.807) is 0 Å². The Morgan fingerprint density at radius 1 is 1.53 bits per heavy atom. The van der Waals surface area contributed by atoms with E-state index in [-0.39, 0.29) is 5.69 Å². The normalized spacial score (nSPS) is 15.2. The molecule has 1 fully saturated rings. The lowest BCUT2D eigenvalue weighted by Gasteiger charge is -2.11. The minimum absolute atomic E-state index is 0.0497. The number of hydrogen-bond donors (Lipinski definition) is 1. The van der Waals surface area contributed by atoms with Gasteiger partial charge in [0.15, 0.2) is 0 Å². The van der Waals surface area contributed by atoms with Gasteiger partial charge in [-0.1, -0.05) is 0 Å². The van der Waals surface area contributed by atoms with E-state index in [4.69, 9.17) is 9.84 Å². The first kappa shape index (κ1) is 9.45. The Bertz CT molecular complexity index is 401. The Morgan fingerprint density at radius 2 is 2.33 bits per heavy atom. The largest absolute Gasteiger partial charge is 0.477 e. The molecular formula is C9H8N2O4. The van der Waals surface area contributed by atoms with E-state index < -0.39 is 12.1 Å². The Hall–Kier alpha value is -2.11. The number of carboxylic acid groups (broad SMARTS) is 1. The van der Waals surface area contributed by atoms with E-state index in [1.807, 2.05) is 0 Å². The van der Waals surface area contributed by atoms with Gasteiger partial charge in [0.2, 0.25) is 0 Å². The zero-order valence-corrected chi connectivity index (χ0v) is 7.71. The van der Waals surface area contributed by atoms with Gasteiger partial charge in [0, 0.05) is 0 Å². The fraction of sp³-hybridized carbons (Fsp3) is 0.222. The molecule has 15 heavy (non-hydrogen) atoms. The first-order chi connectivity index (χ1) is 7.18. The minimum Gasteiger partial charge on any atom is -0.477 e. The molecular weight excluding hydrogens is 200 g/mol. The van der Waals surface area contributed by atoms with Crippen LogP contribution in [0.3, 0.4) is 0 Å². The monoisotopic (exact) mass is 208 g/mol. The van der Waals surface area contributed by atoms with Crippen LogP contribution in [0.5, 0.6) is 0 Å². The molecule has 2 rings (SSSR count). The number of anilines is 1.